The number of carbonyl (C=O) groups is 2. The van der Waals surface area contributed by atoms with Crippen LogP contribution in [0.3, 0.4) is 0 Å². The molecule has 25 heavy (non-hydrogen) atoms. The number of para-hydroxylation sites is 1. The van der Waals surface area contributed by atoms with Crippen LogP contribution >= 0.6 is 0 Å². The lowest BCUT2D eigenvalue weighted by Gasteiger charge is -2.11. The average Bonchev–Trinajstić information content (AvgIpc) is 2.63. The van der Waals surface area contributed by atoms with Crippen LogP contribution in [-0.4, -0.2) is 32.8 Å². The van der Waals surface area contributed by atoms with E-state index in [0.717, 1.165) is 31.4 Å². The van der Waals surface area contributed by atoms with E-state index in [9.17, 15) is 9.59 Å². The predicted octanol–water partition coefficient (Wildman–Crippen LogP) is 3.68. The number of methoxy groups -OCH3 is 2. The molecule has 1 rings (SSSR count). The fraction of sp³-hybridized carbons (Fsp3) is 0.474. The molecule has 0 saturated heterocycles. The maximum atomic E-state index is 11.9. The van der Waals surface area contributed by atoms with Gasteiger partial charge < -0.3 is 18.9 Å². The second-order valence-corrected chi connectivity index (χ2v) is 5.33. The number of esters is 2. The van der Waals surface area contributed by atoms with Crippen molar-refractivity contribution in [2.75, 3.05) is 20.8 Å². The average molecular weight is 350 g/mol. The van der Waals surface area contributed by atoms with Gasteiger partial charge in [0.2, 0.25) is 5.75 Å². The van der Waals surface area contributed by atoms with E-state index in [1.807, 2.05) is 0 Å². The Morgan fingerprint density at radius 1 is 0.920 bits per heavy atom. The largest absolute Gasteiger partial charge is 0.493 e. The highest BCUT2D eigenvalue weighted by atomic mass is 16.6. The van der Waals surface area contributed by atoms with Crippen LogP contribution in [0.25, 0.3) is 0 Å². The zero-order chi connectivity index (χ0) is 18.5. The van der Waals surface area contributed by atoms with Crippen molar-refractivity contribution < 1.29 is 28.5 Å². The quantitative estimate of drug-likeness (QED) is 0.262. The Labute approximate surface area is 148 Å². The first-order chi connectivity index (χ1) is 12.1. The minimum absolute atomic E-state index is 0.159. The number of ether oxygens (including phenoxy) is 4. The van der Waals surface area contributed by atoms with E-state index in [-0.39, 0.29) is 5.75 Å². The van der Waals surface area contributed by atoms with Crippen LogP contribution in [-0.2, 0) is 14.3 Å². The first-order valence-electron chi connectivity index (χ1n) is 8.40. The molecule has 0 unspecified atom stereocenters. The van der Waals surface area contributed by atoms with E-state index >= 15 is 0 Å². The van der Waals surface area contributed by atoms with Crippen molar-refractivity contribution in [3.63, 3.8) is 0 Å². The smallest absolute Gasteiger partial charge is 0.336 e. The van der Waals surface area contributed by atoms with Crippen LogP contribution in [0.15, 0.2) is 30.4 Å². The third kappa shape index (κ3) is 7.74. The van der Waals surface area contributed by atoms with Crippen LogP contribution in [0.4, 0.5) is 0 Å². The fourth-order valence-electron chi connectivity index (χ4n) is 2.11. The van der Waals surface area contributed by atoms with Crippen LogP contribution in [0.5, 0.6) is 17.2 Å². The number of hydrogen-bond acceptors (Lipinski definition) is 6. The second kappa shape index (κ2) is 11.9. The van der Waals surface area contributed by atoms with Crippen molar-refractivity contribution in [2.45, 2.75) is 39.0 Å². The van der Waals surface area contributed by atoms with Crippen LogP contribution in [0.2, 0.25) is 0 Å². The van der Waals surface area contributed by atoms with Gasteiger partial charge in [-0.25, -0.2) is 9.59 Å². The van der Waals surface area contributed by atoms with Crippen LogP contribution < -0.4 is 14.2 Å². The van der Waals surface area contributed by atoms with Gasteiger partial charge in [-0.05, 0) is 18.6 Å². The molecule has 138 valence electrons. The summed E-state index contributed by atoms with van der Waals surface area (Å²) in [6.45, 7) is 2.49. The van der Waals surface area contributed by atoms with Gasteiger partial charge in [0, 0.05) is 12.2 Å². The summed E-state index contributed by atoms with van der Waals surface area (Å²) >= 11 is 0. The highest BCUT2D eigenvalue weighted by Gasteiger charge is 2.14. The molecule has 0 heterocycles. The number of benzene rings is 1. The van der Waals surface area contributed by atoms with Gasteiger partial charge in [0.15, 0.2) is 11.5 Å². The zero-order valence-corrected chi connectivity index (χ0v) is 15.1. The molecule has 0 radical (unpaired) electrons. The molecule has 0 spiro atoms. The molecule has 0 N–H and O–H groups in total. The summed E-state index contributed by atoms with van der Waals surface area (Å²) in [6.07, 6.45) is 7.41. The molecule has 1 aromatic carbocycles. The van der Waals surface area contributed by atoms with Gasteiger partial charge in [0.05, 0.1) is 20.8 Å². The molecule has 0 aromatic heterocycles. The molecule has 6 heteroatoms. The summed E-state index contributed by atoms with van der Waals surface area (Å²) in [5.74, 6) is -0.417. The molecular formula is C19H26O6. The summed E-state index contributed by atoms with van der Waals surface area (Å²) in [5.41, 5.74) is 0. The van der Waals surface area contributed by atoms with Crippen molar-refractivity contribution >= 4 is 11.9 Å². The molecule has 0 aliphatic rings. The van der Waals surface area contributed by atoms with Gasteiger partial charge in [-0.3, -0.25) is 0 Å². The molecule has 0 amide bonds. The Bertz CT molecular complexity index is 557. The highest BCUT2D eigenvalue weighted by Crippen LogP contribution is 2.36. The molecular weight excluding hydrogens is 324 g/mol. The summed E-state index contributed by atoms with van der Waals surface area (Å²) in [5, 5.41) is 0. The third-order valence-corrected chi connectivity index (χ3v) is 3.43. The molecule has 0 aliphatic heterocycles. The van der Waals surface area contributed by atoms with Crippen LogP contribution in [0, 0.1) is 0 Å². The van der Waals surface area contributed by atoms with Crippen LogP contribution in [0.1, 0.15) is 39.0 Å². The Morgan fingerprint density at radius 2 is 1.52 bits per heavy atom. The second-order valence-electron chi connectivity index (χ2n) is 5.33. The SMILES string of the molecule is CCCCCCCOC(=O)/C=C/C(=O)Oc1c(OC)cccc1OC. The Hall–Kier alpha value is -2.50. The topological polar surface area (TPSA) is 71.1 Å². The minimum Gasteiger partial charge on any atom is -0.493 e. The van der Waals surface area contributed by atoms with Gasteiger partial charge in [-0.2, -0.15) is 0 Å². The molecule has 0 saturated carbocycles. The van der Waals surface area contributed by atoms with E-state index in [0.29, 0.717) is 18.1 Å². The fourth-order valence-corrected chi connectivity index (χ4v) is 2.11. The third-order valence-electron chi connectivity index (χ3n) is 3.43. The summed E-state index contributed by atoms with van der Waals surface area (Å²) < 4.78 is 20.5. The maximum absolute atomic E-state index is 11.9. The maximum Gasteiger partial charge on any atom is 0.336 e. The van der Waals surface area contributed by atoms with Gasteiger partial charge in [-0.15, -0.1) is 0 Å². The normalized spacial score (nSPS) is 10.5. The molecule has 0 atom stereocenters. The molecule has 6 nitrogen and oxygen atoms in total. The van der Waals surface area contributed by atoms with E-state index in [2.05, 4.69) is 6.92 Å². The van der Waals surface area contributed by atoms with E-state index < -0.39 is 11.9 Å². The lowest BCUT2D eigenvalue weighted by molar-refractivity contribution is -0.138. The summed E-state index contributed by atoms with van der Waals surface area (Å²) in [6, 6.07) is 4.99. The number of hydrogen-bond donors (Lipinski definition) is 0. The van der Waals surface area contributed by atoms with Crippen molar-refractivity contribution in [3.8, 4) is 17.2 Å². The standard InChI is InChI=1S/C19H26O6/c1-4-5-6-7-8-14-24-17(20)12-13-18(21)25-19-15(22-2)10-9-11-16(19)23-3/h9-13H,4-8,14H2,1-3H3/b13-12+. The number of rotatable bonds is 11. The minimum atomic E-state index is -0.720. The van der Waals surface area contributed by atoms with Crippen molar-refractivity contribution in [1.82, 2.24) is 0 Å². The van der Waals surface area contributed by atoms with Crippen molar-refractivity contribution in [3.05, 3.63) is 30.4 Å². The zero-order valence-electron chi connectivity index (χ0n) is 15.1. The molecule has 0 aliphatic carbocycles. The van der Waals surface area contributed by atoms with Crippen molar-refractivity contribution in [1.29, 1.82) is 0 Å². The van der Waals surface area contributed by atoms with Gasteiger partial charge in [0.1, 0.15) is 0 Å². The van der Waals surface area contributed by atoms with E-state index in [1.54, 1.807) is 18.2 Å². The lowest BCUT2D eigenvalue weighted by Crippen LogP contribution is -2.08. The van der Waals surface area contributed by atoms with Gasteiger partial charge in [0.25, 0.3) is 0 Å². The van der Waals surface area contributed by atoms with Crippen molar-refractivity contribution in [2.24, 2.45) is 0 Å². The summed E-state index contributed by atoms with van der Waals surface area (Å²) in [7, 11) is 2.92. The van der Waals surface area contributed by atoms with E-state index in [4.69, 9.17) is 18.9 Å². The van der Waals surface area contributed by atoms with Gasteiger partial charge >= 0.3 is 11.9 Å². The Balaban J connectivity index is 2.46. The Kier molecular flexibility index (Phi) is 9.82. The first-order valence-corrected chi connectivity index (χ1v) is 8.40. The summed E-state index contributed by atoms with van der Waals surface area (Å²) in [4.78, 5) is 23.4. The van der Waals surface area contributed by atoms with Gasteiger partial charge in [-0.1, -0.05) is 38.7 Å². The number of unbranched alkanes of at least 4 members (excludes halogenated alkanes) is 4. The molecule has 0 bridgehead atoms. The first kappa shape index (κ1) is 20.5. The monoisotopic (exact) mass is 350 g/mol. The predicted molar refractivity (Wildman–Crippen MR) is 94.0 cm³/mol. The lowest BCUT2D eigenvalue weighted by atomic mass is 10.2. The highest BCUT2D eigenvalue weighted by molar-refractivity contribution is 5.93. The Morgan fingerprint density at radius 3 is 2.12 bits per heavy atom. The molecule has 0 fully saturated rings. The number of carbonyl (C=O) groups excluding carboxylic acids is 2. The molecule has 1 aromatic rings. The van der Waals surface area contributed by atoms with E-state index in [1.165, 1.54) is 27.1 Å².